The van der Waals surface area contributed by atoms with Crippen LogP contribution in [0.5, 0.6) is 17.2 Å². The van der Waals surface area contributed by atoms with E-state index in [0.717, 1.165) is 23.7 Å². The lowest BCUT2D eigenvalue weighted by molar-refractivity contribution is -0.752. The highest BCUT2D eigenvalue weighted by Gasteiger charge is 2.42. The minimum atomic E-state index is -0.182. The van der Waals surface area contributed by atoms with Crippen LogP contribution >= 0.6 is 0 Å². The SMILES string of the molecule is CC#CCOOOOOO.Fc1ccc([C@H]2C[C@H]3CCC(N3)C2COc2ccc3c(c2)OCO3)cc1. The number of hydrogen-bond donors (Lipinski definition) is 2. The van der Waals surface area contributed by atoms with Gasteiger partial charge in [-0.25, -0.2) is 9.65 Å². The Balaban J connectivity index is 0.000000261. The fourth-order valence-corrected chi connectivity index (χ4v) is 4.79. The Morgan fingerprint density at radius 3 is 2.69 bits per heavy atom. The molecule has 0 aliphatic carbocycles. The number of hydrogen-bond acceptors (Lipinski definition) is 10. The van der Waals surface area contributed by atoms with Crippen molar-refractivity contribution in [3.8, 4) is 29.1 Å². The molecule has 0 aromatic heterocycles. The molecule has 0 saturated carbocycles. The first-order chi connectivity index (χ1) is 17.7. The number of nitrogens with one attached hydrogen (secondary N) is 1. The van der Waals surface area contributed by atoms with Gasteiger partial charge in [0, 0.05) is 24.1 Å². The zero-order chi connectivity index (χ0) is 25.2. The third-order valence-corrected chi connectivity index (χ3v) is 6.37. The zero-order valence-corrected chi connectivity index (χ0v) is 19.7. The third-order valence-electron chi connectivity index (χ3n) is 6.37. The molecule has 2 fully saturated rings. The van der Waals surface area contributed by atoms with Gasteiger partial charge in [0.2, 0.25) is 6.79 Å². The maximum atomic E-state index is 13.3. The first kappa shape index (κ1) is 26.1. The molecule has 5 rings (SSSR count). The Bertz CT molecular complexity index is 1030. The highest BCUT2D eigenvalue weighted by molar-refractivity contribution is 5.46. The van der Waals surface area contributed by atoms with E-state index < -0.39 is 0 Å². The molecule has 0 spiro atoms. The van der Waals surface area contributed by atoms with Crippen molar-refractivity contribution >= 4 is 0 Å². The molecule has 0 radical (unpaired) electrons. The van der Waals surface area contributed by atoms with Crippen LogP contribution in [0.25, 0.3) is 0 Å². The maximum absolute atomic E-state index is 13.3. The summed E-state index contributed by atoms with van der Waals surface area (Å²) in [4.78, 5) is 4.16. The van der Waals surface area contributed by atoms with E-state index in [1.165, 1.54) is 18.4 Å². The summed E-state index contributed by atoms with van der Waals surface area (Å²) in [7, 11) is 0. The minimum Gasteiger partial charge on any atom is -0.493 e. The fraction of sp³-hybridized carbons (Fsp3) is 0.440. The number of halogens is 1. The van der Waals surface area contributed by atoms with Crippen LogP contribution in [0.4, 0.5) is 4.39 Å². The van der Waals surface area contributed by atoms with E-state index >= 15 is 0 Å². The summed E-state index contributed by atoms with van der Waals surface area (Å²) in [5.74, 6) is 7.89. The summed E-state index contributed by atoms with van der Waals surface area (Å²) in [6, 6.07) is 13.7. The maximum Gasteiger partial charge on any atom is 0.231 e. The predicted octanol–water partition coefficient (Wildman–Crippen LogP) is 4.08. The first-order valence-corrected chi connectivity index (χ1v) is 11.5. The van der Waals surface area contributed by atoms with Crippen molar-refractivity contribution < 1.29 is 48.9 Å². The summed E-state index contributed by atoms with van der Waals surface area (Å²) in [6.45, 7) is 2.57. The molecule has 2 bridgehead atoms. The third kappa shape index (κ3) is 7.05. The van der Waals surface area contributed by atoms with Gasteiger partial charge in [0.25, 0.3) is 0 Å². The Labute approximate surface area is 207 Å². The van der Waals surface area contributed by atoms with E-state index in [1.807, 2.05) is 30.3 Å². The van der Waals surface area contributed by atoms with Crippen molar-refractivity contribution in [1.29, 1.82) is 0 Å². The average molecular weight is 505 g/mol. The second-order valence-electron chi connectivity index (χ2n) is 8.40. The summed E-state index contributed by atoms with van der Waals surface area (Å²) < 4.78 is 30.3. The largest absolute Gasteiger partial charge is 0.493 e. The van der Waals surface area contributed by atoms with E-state index in [9.17, 15) is 4.39 Å². The van der Waals surface area contributed by atoms with E-state index in [1.54, 1.807) is 19.1 Å². The molecule has 3 heterocycles. The molecule has 4 atom stereocenters. The van der Waals surface area contributed by atoms with Gasteiger partial charge in [-0.15, -0.1) is 5.92 Å². The van der Waals surface area contributed by atoms with E-state index in [0.29, 0.717) is 30.5 Å². The van der Waals surface area contributed by atoms with Crippen LogP contribution in [-0.2, 0) is 25.0 Å². The van der Waals surface area contributed by atoms with Crippen LogP contribution < -0.4 is 19.5 Å². The lowest BCUT2D eigenvalue weighted by Gasteiger charge is -2.38. The van der Waals surface area contributed by atoms with Crippen molar-refractivity contribution in [2.45, 2.75) is 44.2 Å². The van der Waals surface area contributed by atoms with Crippen LogP contribution in [0.1, 0.15) is 37.7 Å². The van der Waals surface area contributed by atoms with Crippen molar-refractivity contribution in [2.75, 3.05) is 20.0 Å². The van der Waals surface area contributed by atoms with Gasteiger partial charge in [0.1, 0.15) is 18.2 Å². The first-order valence-electron chi connectivity index (χ1n) is 11.5. The van der Waals surface area contributed by atoms with Crippen LogP contribution in [0.2, 0.25) is 0 Å². The van der Waals surface area contributed by atoms with E-state index in [4.69, 9.17) is 19.5 Å². The van der Waals surface area contributed by atoms with Crippen molar-refractivity contribution in [2.24, 2.45) is 5.92 Å². The van der Waals surface area contributed by atoms with Crippen molar-refractivity contribution in [3.05, 3.63) is 53.8 Å². The standard InChI is InChI=1S/C21H22FNO3.C4H6O6/c22-14-3-1-13(2-4-14)17-9-15-5-7-19(23-15)18(17)11-24-16-6-8-20-21(10-16)26-12-25-20;1-2-3-4-6-8-10-9-7-5/h1-4,6,8,10,15,17-19,23H,5,7,9,11-12H2;5H,4H2,1H3/t15-,17-,18?,19?;/m1./s1. The van der Waals surface area contributed by atoms with Gasteiger partial charge in [-0.1, -0.05) is 18.1 Å². The second kappa shape index (κ2) is 13.4. The van der Waals surface area contributed by atoms with Gasteiger partial charge in [-0.05, 0) is 82.1 Å². The molecular weight excluding hydrogens is 477 g/mol. The molecule has 3 aliphatic rings. The molecule has 2 aromatic rings. The molecule has 2 unspecified atom stereocenters. The van der Waals surface area contributed by atoms with Gasteiger partial charge < -0.3 is 19.5 Å². The van der Waals surface area contributed by atoms with Crippen LogP contribution in [-0.4, -0.2) is 37.3 Å². The molecule has 0 amide bonds. The molecule has 2 saturated heterocycles. The highest BCUT2D eigenvalue weighted by atomic mass is 19.1. The van der Waals surface area contributed by atoms with E-state index in [2.05, 4.69) is 42.2 Å². The second-order valence-corrected chi connectivity index (χ2v) is 8.40. The summed E-state index contributed by atoms with van der Waals surface area (Å²) in [5, 5.41) is 24.9. The fourth-order valence-electron chi connectivity index (χ4n) is 4.79. The molecular formula is C25H28FNO9. The molecule has 10 nitrogen and oxygen atoms in total. The highest BCUT2D eigenvalue weighted by Crippen LogP contribution is 2.42. The Morgan fingerprint density at radius 1 is 1.06 bits per heavy atom. The van der Waals surface area contributed by atoms with E-state index in [-0.39, 0.29) is 19.2 Å². The summed E-state index contributed by atoms with van der Waals surface area (Å²) in [5.41, 5.74) is 1.21. The topological polar surface area (TPSA) is 106 Å². The predicted molar refractivity (Wildman–Crippen MR) is 122 cm³/mol. The van der Waals surface area contributed by atoms with Gasteiger partial charge in [0.05, 0.1) is 6.61 Å². The molecule has 2 aromatic carbocycles. The van der Waals surface area contributed by atoms with Crippen molar-refractivity contribution in [3.63, 3.8) is 0 Å². The lowest BCUT2D eigenvalue weighted by Crippen LogP contribution is -2.46. The molecule has 2 N–H and O–H groups in total. The normalized spacial score (nSPS) is 23.3. The van der Waals surface area contributed by atoms with Gasteiger partial charge in [-0.2, -0.15) is 4.89 Å². The lowest BCUT2D eigenvalue weighted by atomic mass is 9.77. The van der Waals surface area contributed by atoms with Crippen molar-refractivity contribution in [1.82, 2.24) is 5.32 Å². The smallest absolute Gasteiger partial charge is 0.231 e. The quantitative estimate of drug-likeness (QED) is 0.224. The average Bonchev–Trinajstić information content (AvgIpc) is 3.53. The summed E-state index contributed by atoms with van der Waals surface area (Å²) in [6.07, 6.45) is 3.47. The van der Waals surface area contributed by atoms with Gasteiger partial charge in [0.15, 0.2) is 11.5 Å². The van der Waals surface area contributed by atoms with Gasteiger partial charge in [-0.3, -0.25) is 0 Å². The molecule has 11 heteroatoms. The number of rotatable bonds is 9. The molecule has 194 valence electrons. The Morgan fingerprint density at radius 2 is 1.89 bits per heavy atom. The number of fused-ring (bicyclic) bond motifs is 3. The Hall–Kier alpha value is -2.95. The number of benzene rings is 2. The molecule has 3 aliphatic heterocycles. The Kier molecular flexibility index (Phi) is 9.71. The molecule has 36 heavy (non-hydrogen) atoms. The van der Waals surface area contributed by atoms with Crippen LogP contribution in [0, 0.1) is 23.6 Å². The minimum absolute atomic E-state index is 0.0330. The number of ether oxygens (including phenoxy) is 3. The monoisotopic (exact) mass is 505 g/mol. The van der Waals surface area contributed by atoms with Crippen LogP contribution in [0.3, 0.4) is 0 Å². The summed E-state index contributed by atoms with van der Waals surface area (Å²) >= 11 is 0. The zero-order valence-electron chi connectivity index (χ0n) is 19.7. The van der Waals surface area contributed by atoms with Crippen LogP contribution in [0.15, 0.2) is 42.5 Å². The van der Waals surface area contributed by atoms with Gasteiger partial charge >= 0.3 is 0 Å². The number of piperidine rings is 1.